The normalized spacial score (nSPS) is 15.3. The second kappa shape index (κ2) is 6.38. The van der Waals surface area contributed by atoms with Crippen molar-refractivity contribution in [2.45, 2.75) is 64.9 Å². The zero-order chi connectivity index (χ0) is 17.3. The van der Waals surface area contributed by atoms with Gasteiger partial charge in [-0.1, -0.05) is 82.3 Å². The summed E-state index contributed by atoms with van der Waals surface area (Å²) in [5, 5.41) is 0. The number of halogens is 1. The largest absolute Gasteiger partial charge is 0.438 e. The van der Waals surface area contributed by atoms with Crippen molar-refractivity contribution >= 4 is 28.7 Å². The predicted molar refractivity (Wildman–Crippen MR) is 101 cm³/mol. The highest BCUT2D eigenvalue weighted by Crippen LogP contribution is 2.36. The molecule has 1 aromatic carbocycles. The maximum atomic E-state index is 11.3. The summed E-state index contributed by atoms with van der Waals surface area (Å²) in [6.45, 7) is 15.1. The average Bonchev–Trinajstić information content (AvgIpc) is 2.35. The number of hydrogen-bond acceptors (Lipinski definition) is 2. The third kappa shape index (κ3) is 4.61. The molecule has 22 heavy (non-hydrogen) atoms. The molecule has 0 aliphatic rings. The standard InChI is InChI=1S/C18H28INO2/c1-16(2,3)12-8-13(17(4,5)6)10-14(9-12)18(7,11-19)22-15(20)21/h8-10H,11H2,1-7H3,(H2,20,21). The molecule has 0 aliphatic heterocycles. The van der Waals surface area contributed by atoms with Crippen LogP contribution in [0.3, 0.4) is 0 Å². The van der Waals surface area contributed by atoms with Crippen molar-refractivity contribution in [1.29, 1.82) is 0 Å². The summed E-state index contributed by atoms with van der Waals surface area (Å²) in [6, 6.07) is 6.52. The van der Waals surface area contributed by atoms with Crippen LogP contribution in [0.2, 0.25) is 0 Å². The Kier molecular flexibility index (Phi) is 5.59. The topological polar surface area (TPSA) is 52.3 Å². The first-order valence-electron chi connectivity index (χ1n) is 7.50. The number of carbonyl (C=O) groups is 1. The zero-order valence-electron chi connectivity index (χ0n) is 14.7. The summed E-state index contributed by atoms with van der Waals surface area (Å²) in [6.07, 6.45) is -0.738. The summed E-state index contributed by atoms with van der Waals surface area (Å²) >= 11 is 2.24. The minimum Gasteiger partial charge on any atom is -0.438 e. The van der Waals surface area contributed by atoms with E-state index in [1.807, 2.05) is 6.92 Å². The molecular formula is C18H28INO2. The van der Waals surface area contributed by atoms with Gasteiger partial charge in [0.1, 0.15) is 5.60 Å². The molecule has 1 rings (SSSR count). The lowest BCUT2D eigenvalue weighted by atomic mass is 9.78. The number of amides is 1. The van der Waals surface area contributed by atoms with E-state index >= 15 is 0 Å². The van der Waals surface area contributed by atoms with Gasteiger partial charge in [-0.25, -0.2) is 4.79 Å². The van der Waals surface area contributed by atoms with Gasteiger partial charge < -0.3 is 10.5 Å². The van der Waals surface area contributed by atoms with E-state index < -0.39 is 11.7 Å². The third-order valence-electron chi connectivity index (χ3n) is 3.86. The number of benzene rings is 1. The summed E-state index contributed by atoms with van der Waals surface area (Å²) in [5.41, 5.74) is 8.07. The molecule has 0 fully saturated rings. The second-order valence-corrected chi connectivity index (χ2v) is 8.85. The lowest BCUT2D eigenvalue weighted by Crippen LogP contribution is -2.34. The Bertz CT molecular complexity index is 523. The molecule has 0 saturated heterocycles. The molecule has 0 aromatic heterocycles. The monoisotopic (exact) mass is 417 g/mol. The molecule has 0 saturated carbocycles. The van der Waals surface area contributed by atoms with Gasteiger partial charge in [0.2, 0.25) is 0 Å². The fourth-order valence-corrected chi connectivity index (χ4v) is 2.78. The lowest BCUT2D eigenvalue weighted by Gasteiger charge is -2.32. The van der Waals surface area contributed by atoms with Crippen LogP contribution < -0.4 is 5.73 Å². The molecular weight excluding hydrogens is 389 g/mol. The Morgan fingerprint density at radius 3 is 1.59 bits per heavy atom. The van der Waals surface area contributed by atoms with E-state index in [0.717, 1.165) is 5.56 Å². The summed E-state index contributed by atoms with van der Waals surface area (Å²) in [4.78, 5) is 11.3. The van der Waals surface area contributed by atoms with Crippen LogP contribution in [0.4, 0.5) is 4.79 Å². The molecule has 0 radical (unpaired) electrons. The molecule has 1 aromatic rings. The number of alkyl halides is 1. The first kappa shape index (κ1) is 19.3. The maximum Gasteiger partial charge on any atom is 0.405 e. The van der Waals surface area contributed by atoms with Crippen molar-refractivity contribution in [2.75, 3.05) is 4.43 Å². The van der Waals surface area contributed by atoms with Crippen LogP contribution in [0.15, 0.2) is 18.2 Å². The highest BCUT2D eigenvalue weighted by molar-refractivity contribution is 14.1. The van der Waals surface area contributed by atoms with Gasteiger partial charge in [-0.2, -0.15) is 0 Å². The van der Waals surface area contributed by atoms with Crippen molar-refractivity contribution in [3.8, 4) is 0 Å². The quantitative estimate of drug-likeness (QED) is 0.554. The number of hydrogen-bond donors (Lipinski definition) is 1. The van der Waals surface area contributed by atoms with Gasteiger partial charge >= 0.3 is 6.09 Å². The molecule has 4 heteroatoms. The lowest BCUT2D eigenvalue weighted by molar-refractivity contribution is 0.0491. The fraction of sp³-hybridized carbons (Fsp3) is 0.611. The van der Waals surface area contributed by atoms with E-state index in [9.17, 15) is 4.79 Å². The van der Waals surface area contributed by atoms with Crippen molar-refractivity contribution in [3.63, 3.8) is 0 Å². The first-order valence-corrected chi connectivity index (χ1v) is 9.03. The van der Waals surface area contributed by atoms with Crippen molar-refractivity contribution in [1.82, 2.24) is 0 Å². The van der Waals surface area contributed by atoms with Gasteiger partial charge in [0.25, 0.3) is 0 Å². The first-order chi connectivity index (χ1) is 9.79. The molecule has 0 bridgehead atoms. The van der Waals surface area contributed by atoms with Crippen molar-refractivity contribution in [2.24, 2.45) is 5.73 Å². The van der Waals surface area contributed by atoms with E-state index in [1.54, 1.807) is 0 Å². The van der Waals surface area contributed by atoms with Crippen LogP contribution in [0.25, 0.3) is 0 Å². The van der Waals surface area contributed by atoms with Gasteiger partial charge in [-0.3, -0.25) is 0 Å². The van der Waals surface area contributed by atoms with Crippen molar-refractivity contribution < 1.29 is 9.53 Å². The second-order valence-electron chi connectivity index (χ2n) is 8.08. The van der Waals surface area contributed by atoms with E-state index in [1.165, 1.54) is 11.1 Å². The number of ether oxygens (including phenoxy) is 1. The number of rotatable bonds is 3. The highest BCUT2D eigenvalue weighted by atomic mass is 127. The molecule has 0 spiro atoms. The Morgan fingerprint density at radius 1 is 0.955 bits per heavy atom. The van der Waals surface area contributed by atoms with E-state index in [0.29, 0.717) is 4.43 Å². The predicted octanol–water partition coefficient (Wildman–Crippen LogP) is 5.03. The van der Waals surface area contributed by atoms with E-state index in [4.69, 9.17) is 10.5 Å². The van der Waals surface area contributed by atoms with Gasteiger partial charge in [-0.05, 0) is 34.4 Å². The van der Waals surface area contributed by atoms with E-state index in [-0.39, 0.29) is 10.8 Å². The molecule has 1 unspecified atom stereocenters. The van der Waals surface area contributed by atoms with Crippen LogP contribution in [0, 0.1) is 0 Å². The molecule has 1 atom stereocenters. The van der Waals surface area contributed by atoms with Crippen LogP contribution in [-0.4, -0.2) is 10.5 Å². The smallest absolute Gasteiger partial charge is 0.405 e. The van der Waals surface area contributed by atoms with Crippen LogP contribution in [0.5, 0.6) is 0 Å². The van der Waals surface area contributed by atoms with Gasteiger partial charge in [0.15, 0.2) is 0 Å². The number of carbonyl (C=O) groups excluding carboxylic acids is 1. The van der Waals surface area contributed by atoms with Gasteiger partial charge in [-0.15, -0.1) is 0 Å². The maximum absolute atomic E-state index is 11.3. The van der Waals surface area contributed by atoms with Crippen LogP contribution >= 0.6 is 22.6 Å². The van der Waals surface area contributed by atoms with Gasteiger partial charge in [0, 0.05) is 4.43 Å². The summed E-state index contributed by atoms with van der Waals surface area (Å²) in [5.74, 6) is 0. The minimum atomic E-state index is -0.738. The Hall–Kier alpha value is -0.780. The summed E-state index contributed by atoms with van der Waals surface area (Å²) in [7, 11) is 0. The van der Waals surface area contributed by atoms with Crippen LogP contribution in [-0.2, 0) is 21.2 Å². The SMILES string of the molecule is CC(C)(C)c1cc(C(C)(C)C)cc(C(C)(CI)OC(N)=O)c1. The summed E-state index contributed by atoms with van der Waals surface area (Å²) < 4.78 is 6.08. The molecule has 1 amide bonds. The Labute approximate surface area is 148 Å². The number of primary amides is 1. The van der Waals surface area contributed by atoms with Crippen LogP contribution in [0.1, 0.15) is 65.2 Å². The zero-order valence-corrected chi connectivity index (χ0v) is 16.9. The number of nitrogens with two attached hydrogens (primary N) is 1. The highest BCUT2D eigenvalue weighted by Gasteiger charge is 2.32. The van der Waals surface area contributed by atoms with E-state index in [2.05, 4.69) is 82.3 Å². The van der Waals surface area contributed by atoms with Crippen molar-refractivity contribution in [3.05, 3.63) is 34.9 Å². The average molecular weight is 417 g/mol. The molecule has 124 valence electrons. The third-order valence-corrected chi connectivity index (χ3v) is 5.31. The van der Waals surface area contributed by atoms with Gasteiger partial charge in [0.05, 0.1) is 0 Å². The molecule has 0 aliphatic carbocycles. The minimum absolute atomic E-state index is 0.0227. The fourth-order valence-electron chi connectivity index (χ4n) is 2.18. The molecule has 3 nitrogen and oxygen atoms in total. The Morgan fingerprint density at radius 2 is 1.32 bits per heavy atom. The molecule has 0 heterocycles. The molecule has 2 N–H and O–H groups in total. The Balaban J connectivity index is 3.56.